The average Bonchev–Trinajstić information content (AvgIpc) is 3.48. The highest BCUT2D eigenvalue weighted by molar-refractivity contribution is 7.88. The van der Waals surface area contributed by atoms with Crippen LogP contribution < -0.4 is 15.0 Å². The molecule has 2 fully saturated rings. The molecule has 2 atom stereocenters. The molecule has 34 heavy (non-hydrogen) atoms. The Bertz CT molecular complexity index is 1300. The van der Waals surface area contributed by atoms with Gasteiger partial charge in [-0.1, -0.05) is 12.1 Å². The van der Waals surface area contributed by atoms with Crippen LogP contribution in [-0.4, -0.2) is 78.3 Å². The second kappa shape index (κ2) is 8.88. The Balaban J connectivity index is 1.35. The zero-order valence-electron chi connectivity index (χ0n) is 19.2. The van der Waals surface area contributed by atoms with Crippen LogP contribution in [0.4, 0.5) is 5.69 Å². The fraction of sp³-hybridized carbons (Fsp3) is 0.435. The molecule has 0 radical (unpaired) electrons. The number of sulfonamides is 1. The Labute approximate surface area is 198 Å². The summed E-state index contributed by atoms with van der Waals surface area (Å²) in [6.07, 6.45) is 5.11. The van der Waals surface area contributed by atoms with Gasteiger partial charge in [-0.05, 0) is 25.1 Å². The van der Waals surface area contributed by atoms with Crippen LogP contribution in [0, 0.1) is 5.92 Å². The summed E-state index contributed by atoms with van der Waals surface area (Å²) in [4.78, 5) is 18.6. The molecule has 0 spiro atoms. The number of nitrogens with zero attached hydrogens (tertiary/aromatic N) is 5. The lowest BCUT2D eigenvalue weighted by Crippen LogP contribution is -2.48. The first kappa shape index (κ1) is 22.6. The van der Waals surface area contributed by atoms with E-state index in [1.807, 2.05) is 43.5 Å². The molecule has 2 aliphatic heterocycles. The van der Waals surface area contributed by atoms with Crippen molar-refractivity contribution in [1.82, 2.24) is 24.2 Å². The smallest absolute Gasteiger partial charge is 0.240 e. The van der Waals surface area contributed by atoms with Gasteiger partial charge in [0.2, 0.25) is 21.8 Å². The number of ether oxygens (including phenoxy) is 1. The molecule has 0 aliphatic carbocycles. The largest absolute Gasteiger partial charge is 0.473 e. The van der Waals surface area contributed by atoms with Crippen LogP contribution >= 0.6 is 0 Å². The molecular formula is C23H28N6O4S. The Morgan fingerprint density at radius 2 is 1.85 bits per heavy atom. The number of fused-ring (bicyclic) bond motifs is 1. The highest BCUT2D eigenvalue weighted by atomic mass is 32.2. The Kier molecular flexibility index (Phi) is 5.90. The van der Waals surface area contributed by atoms with Gasteiger partial charge in [0.25, 0.3) is 0 Å². The van der Waals surface area contributed by atoms with Gasteiger partial charge in [-0.2, -0.15) is 9.40 Å². The van der Waals surface area contributed by atoms with Crippen molar-refractivity contribution < 1.29 is 17.9 Å². The standard InChI is InChI=1S/C23H28N6O4S/c1-16(18-13-22(30)24-14-18)33-23-21-7-8-25-29(21)15-20(26-23)17-3-5-19(6-4-17)27-9-11-28(12-10-27)34(2,31)32/h3-8,15-16,18H,9-14H2,1-2H3,(H,24,30)/t16-,18?/m1/s1. The van der Waals surface area contributed by atoms with Crippen LogP contribution in [0.25, 0.3) is 16.8 Å². The predicted octanol–water partition coefficient (Wildman–Crippen LogP) is 1.38. The number of rotatable bonds is 6. The highest BCUT2D eigenvalue weighted by Crippen LogP contribution is 2.28. The lowest BCUT2D eigenvalue weighted by atomic mass is 10.0. The molecule has 0 bridgehead atoms. The van der Waals surface area contributed by atoms with Crippen LogP contribution in [-0.2, 0) is 14.8 Å². The van der Waals surface area contributed by atoms with E-state index in [2.05, 4.69) is 15.3 Å². The van der Waals surface area contributed by atoms with Gasteiger partial charge in [0.05, 0.1) is 24.3 Å². The van der Waals surface area contributed by atoms with E-state index in [4.69, 9.17) is 9.72 Å². The predicted molar refractivity (Wildman–Crippen MR) is 128 cm³/mol. The molecule has 1 aromatic carbocycles. The van der Waals surface area contributed by atoms with Crippen molar-refractivity contribution >= 4 is 27.1 Å². The SMILES string of the molecule is C[C@@H](Oc1nc(-c2ccc(N3CCN(S(C)(=O)=O)CC3)cc2)cn2nccc12)C1CNC(=O)C1. The molecule has 2 aromatic heterocycles. The van der Waals surface area contributed by atoms with E-state index in [1.54, 1.807) is 10.7 Å². The molecular weight excluding hydrogens is 456 g/mol. The van der Waals surface area contributed by atoms with Crippen molar-refractivity contribution in [3.05, 3.63) is 42.7 Å². The van der Waals surface area contributed by atoms with Crippen LogP contribution in [0.1, 0.15) is 13.3 Å². The molecule has 10 nitrogen and oxygen atoms in total. The first-order valence-electron chi connectivity index (χ1n) is 11.4. The maximum atomic E-state index is 11.8. The summed E-state index contributed by atoms with van der Waals surface area (Å²) < 4.78 is 33.0. The zero-order chi connectivity index (χ0) is 23.9. The third-order valence-corrected chi connectivity index (χ3v) is 7.87. The molecule has 4 heterocycles. The maximum absolute atomic E-state index is 11.8. The molecule has 1 unspecified atom stereocenters. The third-order valence-electron chi connectivity index (χ3n) is 6.56. The number of amides is 1. The summed E-state index contributed by atoms with van der Waals surface area (Å²) in [5.41, 5.74) is 3.47. The summed E-state index contributed by atoms with van der Waals surface area (Å²) in [5, 5.41) is 7.22. The van der Waals surface area contributed by atoms with Gasteiger partial charge in [-0.15, -0.1) is 0 Å². The Morgan fingerprint density at radius 1 is 1.12 bits per heavy atom. The third kappa shape index (κ3) is 4.58. The highest BCUT2D eigenvalue weighted by Gasteiger charge is 2.29. The Morgan fingerprint density at radius 3 is 2.50 bits per heavy atom. The molecule has 2 saturated heterocycles. The van der Waals surface area contributed by atoms with E-state index in [-0.39, 0.29) is 17.9 Å². The zero-order valence-corrected chi connectivity index (χ0v) is 20.0. The number of benzene rings is 1. The van der Waals surface area contributed by atoms with Gasteiger partial charge in [-0.25, -0.2) is 17.9 Å². The molecule has 1 amide bonds. The van der Waals surface area contributed by atoms with Gasteiger partial charge in [0.1, 0.15) is 11.6 Å². The summed E-state index contributed by atoms with van der Waals surface area (Å²) in [6.45, 7) is 4.84. The molecule has 1 N–H and O–H groups in total. The van der Waals surface area contributed by atoms with E-state index < -0.39 is 10.0 Å². The topological polar surface area (TPSA) is 109 Å². The number of anilines is 1. The summed E-state index contributed by atoms with van der Waals surface area (Å²) >= 11 is 0. The maximum Gasteiger partial charge on any atom is 0.240 e. The van der Waals surface area contributed by atoms with E-state index in [0.717, 1.165) is 22.5 Å². The molecule has 11 heteroatoms. The van der Waals surface area contributed by atoms with Crippen molar-refractivity contribution in [2.75, 3.05) is 43.9 Å². The minimum Gasteiger partial charge on any atom is -0.473 e. The number of hydrogen-bond donors (Lipinski definition) is 1. The molecule has 180 valence electrons. The van der Waals surface area contributed by atoms with Crippen molar-refractivity contribution in [1.29, 1.82) is 0 Å². The van der Waals surface area contributed by atoms with Gasteiger partial charge in [0, 0.05) is 56.3 Å². The minimum atomic E-state index is -3.15. The number of carbonyl (C=O) groups is 1. The monoisotopic (exact) mass is 484 g/mol. The van der Waals surface area contributed by atoms with Crippen LogP contribution in [0.2, 0.25) is 0 Å². The Hall–Kier alpha value is -3.18. The summed E-state index contributed by atoms with van der Waals surface area (Å²) in [5.74, 6) is 0.640. The fourth-order valence-corrected chi connectivity index (χ4v) is 5.30. The van der Waals surface area contributed by atoms with E-state index in [0.29, 0.717) is 45.0 Å². The quantitative estimate of drug-likeness (QED) is 0.563. The van der Waals surface area contributed by atoms with Gasteiger partial charge < -0.3 is 15.0 Å². The molecule has 0 saturated carbocycles. The molecule has 2 aliphatic rings. The van der Waals surface area contributed by atoms with E-state index in [1.165, 1.54) is 10.6 Å². The van der Waals surface area contributed by atoms with Gasteiger partial charge in [-0.3, -0.25) is 4.79 Å². The van der Waals surface area contributed by atoms with Crippen molar-refractivity contribution in [3.63, 3.8) is 0 Å². The minimum absolute atomic E-state index is 0.0504. The number of carbonyl (C=O) groups excluding carboxylic acids is 1. The first-order chi connectivity index (χ1) is 16.3. The lowest BCUT2D eigenvalue weighted by Gasteiger charge is -2.34. The van der Waals surface area contributed by atoms with E-state index in [9.17, 15) is 13.2 Å². The van der Waals surface area contributed by atoms with Crippen molar-refractivity contribution in [2.24, 2.45) is 5.92 Å². The van der Waals surface area contributed by atoms with Gasteiger partial charge in [0.15, 0.2) is 0 Å². The first-order valence-corrected chi connectivity index (χ1v) is 13.2. The second-order valence-electron chi connectivity index (χ2n) is 8.88. The van der Waals surface area contributed by atoms with Gasteiger partial charge >= 0.3 is 0 Å². The van der Waals surface area contributed by atoms with Crippen LogP contribution in [0.15, 0.2) is 42.7 Å². The number of piperazine rings is 1. The number of aromatic nitrogens is 3. The van der Waals surface area contributed by atoms with Crippen molar-refractivity contribution in [2.45, 2.75) is 19.4 Å². The lowest BCUT2D eigenvalue weighted by molar-refractivity contribution is -0.119. The van der Waals surface area contributed by atoms with Crippen molar-refractivity contribution in [3.8, 4) is 17.1 Å². The summed E-state index contributed by atoms with van der Waals surface area (Å²) in [7, 11) is -3.15. The fourth-order valence-electron chi connectivity index (χ4n) is 4.48. The molecule has 3 aromatic rings. The van der Waals surface area contributed by atoms with Crippen LogP contribution in [0.3, 0.4) is 0 Å². The van der Waals surface area contributed by atoms with E-state index >= 15 is 0 Å². The average molecular weight is 485 g/mol. The second-order valence-corrected chi connectivity index (χ2v) is 10.9. The number of hydrogen-bond acceptors (Lipinski definition) is 7. The summed E-state index contributed by atoms with van der Waals surface area (Å²) in [6, 6.07) is 9.92. The van der Waals surface area contributed by atoms with Crippen LogP contribution in [0.5, 0.6) is 5.88 Å². The normalized spacial score (nSPS) is 20.5. The molecule has 5 rings (SSSR count). The number of nitrogens with one attached hydrogen (secondary N) is 1.